The van der Waals surface area contributed by atoms with E-state index in [1.807, 2.05) is 0 Å². The molecule has 0 aliphatic heterocycles. The van der Waals surface area contributed by atoms with Crippen molar-refractivity contribution in [3.05, 3.63) is 47.0 Å². The molecule has 0 bridgehead atoms. The summed E-state index contributed by atoms with van der Waals surface area (Å²) in [6.45, 7) is 3.94. The number of rotatable bonds is 3. The summed E-state index contributed by atoms with van der Waals surface area (Å²) < 4.78 is 1.26. The van der Waals surface area contributed by atoms with E-state index in [4.69, 9.17) is 0 Å². The van der Waals surface area contributed by atoms with Crippen LogP contribution in [0.1, 0.15) is 44.1 Å². The summed E-state index contributed by atoms with van der Waals surface area (Å²) in [7, 11) is 0. The molecular formula is C15H19Br. The van der Waals surface area contributed by atoms with Gasteiger partial charge in [0.25, 0.3) is 0 Å². The van der Waals surface area contributed by atoms with Crippen molar-refractivity contribution < 1.29 is 0 Å². The molecule has 0 nitrogen and oxygen atoms in total. The Morgan fingerprint density at radius 2 is 1.88 bits per heavy atom. The average molecular weight is 279 g/mol. The van der Waals surface area contributed by atoms with E-state index in [0.29, 0.717) is 5.41 Å². The molecule has 1 aromatic rings. The van der Waals surface area contributed by atoms with Gasteiger partial charge in [-0.1, -0.05) is 59.5 Å². The van der Waals surface area contributed by atoms with E-state index >= 15 is 0 Å². The van der Waals surface area contributed by atoms with E-state index in [2.05, 4.69) is 52.9 Å². The molecule has 0 unspecified atom stereocenters. The van der Waals surface area contributed by atoms with Crippen molar-refractivity contribution in [1.29, 1.82) is 0 Å². The van der Waals surface area contributed by atoms with Crippen LogP contribution >= 0.6 is 15.9 Å². The first kappa shape index (κ1) is 11.9. The summed E-state index contributed by atoms with van der Waals surface area (Å²) in [4.78, 5) is 0. The Hall–Kier alpha value is -0.560. The van der Waals surface area contributed by atoms with Crippen molar-refractivity contribution in [3.8, 4) is 0 Å². The molecule has 1 aliphatic carbocycles. The maximum Gasteiger partial charge on any atom is 0.0213 e. The number of benzene rings is 1. The van der Waals surface area contributed by atoms with Gasteiger partial charge in [-0.2, -0.15) is 0 Å². The summed E-state index contributed by atoms with van der Waals surface area (Å²) in [5.41, 5.74) is 1.83. The van der Waals surface area contributed by atoms with E-state index in [-0.39, 0.29) is 0 Å². The highest BCUT2D eigenvalue weighted by Crippen LogP contribution is 2.44. The molecule has 0 spiro atoms. The molecule has 16 heavy (non-hydrogen) atoms. The van der Waals surface area contributed by atoms with Crippen LogP contribution < -0.4 is 0 Å². The zero-order chi connectivity index (χ0) is 11.4. The van der Waals surface area contributed by atoms with E-state index in [9.17, 15) is 0 Å². The standard InChI is InChI=1S/C15H19Br/c1-2-10-15(11-6-3-7-12-15)13-8-4-5-9-14(13)16/h2,4-5,8-9H,1,3,6-7,10-12H2. The molecule has 0 heterocycles. The summed E-state index contributed by atoms with van der Waals surface area (Å²) in [5.74, 6) is 0. The molecule has 0 atom stereocenters. The molecule has 2 rings (SSSR count). The number of halogens is 1. The SMILES string of the molecule is C=CCC1(c2ccccc2Br)CCCCC1. The Kier molecular flexibility index (Phi) is 3.86. The van der Waals surface area contributed by atoms with Crippen LogP contribution in [0, 0.1) is 0 Å². The first-order chi connectivity index (χ1) is 7.78. The highest BCUT2D eigenvalue weighted by Gasteiger charge is 2.33. The van der Waals surface area contributed by atoms with Gasteiger partial charge in [-0.05, 0) is 36.3 Å². The number of hydrogen-bond donors (Lipinski definition) is 0. The normalized spacial score (nSPS) is 19.3. The van der Waals surface area contributed by atoms with Crippen molar-refractivity contribution in [2.45, 2.75) is 43.9 Å². The summed E-state index contributed by atoms with van der Waals surface area (Å²) >= 11 is 3.70. The van der Waals surface area contributed by atoms with Gasteiger partial charge in [0, 0.05) is 4.47 Å². The Balaban J connectivity index is 2.38. The van der Waals surface area contributed by atoms with Gasteiger partial charge in [-0.3, -0.25) is 0 Å². The zero-order valence-corrected chi connectivity index (χ0v) is 11.3. The van der Waals surface area contributed by atoms with Gasteiger partial charge in [0.1, 0.15) is 0 Å². The Morgan fingerprint density at radius 3 is 2.50 bits per heavy atom. The fourth-order valence-corrected chi connectivity index (χ4v) is 3.68. The molecule has 1 saturated carbocycles. The monoisotopic (exact) mass is 278 g/mol. The molecule has 0 radical (unpaired) electrons. The minimum atomic E-state index is 0.347. The maximum atomic E-state index is 3.94. The molecule has 0 aromatic heterocycles. The molecular weight excluding hydrogens is 260 g/mol. The van der Waals surface area contributed by atoms with E-state index < -0.39 is 0 Å². The lowest BCUT2D eigenvalue weighted by Gasteiger charge is -2.38. The fourth-order valence-electron chi connectivity index (χ4n) is 2.98. The second kappa shape index (κ2) is 5.18. The van der Waals surface area contributed by atoms with Crippen LogP contribution in [0.3, 0.4) is 0 Å². The van der Waals surface area contributed by atoms with Gasteiger partial charge >= 0.3 is 0 Å². The molecule has 1 heteroatoms. The van der Waals surface area contributed by atoms with Crippen molar-refractivity contribution in [2.75, 3.05) is 0 Å². The van der Waals surface area contributed by atoms with E-state index in [0.717, 1.165) is 6.42 Å². The highest BCUT2D eigenvalue weighted by molar-refractivity contribution is 9.10. The predicted molar refractivity (Wildman–Crippen MR) is 73.7 cm³/mol. The molecule has 0 N–H and O–H groups in total. The Bertz CT molecular complexity index is 361. The molecule has 1 fully saturated rings. The van der Waals surface area contributed by atoms with Gasteiger partial charge < -0.3 is 0 Å². The van der Waals surface area contributed by atoms with Crippen LogP contribution in [0.5, 0.6) is 0 Å². The van der Waals surface area contributed by atoms with Crippen LogP contribution in [0.4, 0.5) is 0 Å². The van der Waals surface area contributed by atoms with Crippen LogP contribution in [0.2, 0.25) is 0 Å². The Morgan fingerprint density at radius 1 is 1.19 bits per heavy atom. The zero-order valence-electron chi connectivity index (χ0n) is 9.71. The third-order valence-electron chi connectivity index (χ3n) is 3.79. The second-order valence-electron chi connectivity index (χ2n) is 4.81. The van der Waals surface area contributed by atoms with Crippen molar-refractivity contribution in [3.63, 3.8) is 0 Å². The summed E-state index contributed by atoms with van der Waals surface area (Å²) in [6, 6.07) is 8.69. The first-order valence-electron chi connectivity index (χ1n) is 6.14. The number of hydrogen-bond acceptors (Lipinski definition) is 0. The molecule has 0 saturated heterocycles. The summed E-state index contributed by atoms with van der Waals surface area (Å²) in [5, 5.41) is 0. The molecule has 1 aliphatic rings. The van der Waals surface area contributed by atoms with Gasteiger partial charge in [0.2, 0.25) is 0 Å². The van der Waals surface area contributed by atoms with Crippen molar-refractivity contribution in [2.24, 2.45) is 0 Å². The molecule has 0 amide bonds. The smallest absolute Gasteiger partial charge is 0.0213 e. The van der Waals surface area contributed by atoms with Gasteiger partial charge in [0.15, 0.2) is 0 Å². The predicted octanol–water partition coefficient (Wildman–Crippen LogP) is 5.23. The third kappa shape index (κ3) is 2.24. The highest BCUT2D eigenvalue weighted by atomic mass is 79.9. The minimum absolute atomic E-state index is 0.347. The minimum Gasteiger partial charge on any atom is -0.103 e. The van der Waals surface area contributed by atoms with Crippen molar-refractivity contribution >= 4 is 15.9 Å². The number of allylic oxidation sites excluding steroid dienone is 1. The van der Waals surface area contributed by atoms with Gasteiger partial charge in [-0.25, -0.2) is 0 Å². The van der Waals surface area contributed by atoms with Crippen molar-refractivity contribution in [1.82, 2.24) is 0 Å². The van der Waals surface area contributed by atoms with Gasteiger partial charge in [0.05, 0.1) is 0 Å². The van der Waals surface area contributed by atoms with E-state index in [1.54, 1.807) is 0 Å². The molecule has 1 aromatic carbocycles. The Labute approximate surface area is 107 Å². The van der Waals surface area contributed by atoms with Gasteiger partial charge in [-0.15, -0.1) is 6.58 Å². The van der Waals surface area contributed by atoms with Crippen LogP contribution in [0.15, 0.2) is 41.4 Å². The third-order valence-corrected chi connectivity index (χ3v) is 4.48. The lowest BCUT2D eigenvalue weighted by Crippen LogP contribution is -2.28. The average Bonchev–Trinajstić information content (AvgIpc) is 2.31. The quantitative estimate of drug-likeness (QED) is 0.665. The van der Waals surface area contributed by atoms with Crippen LogP contribution in [0.25, 0.3) is 0 Å². The van der Waals surface area contributed by atoms with Crippen LogP contribution in [-0.2, 0) is 5.41 Å². The molecule has 86 valence electrons. The largest absolute Gasteiger partial charge is 0.103 e. The fraction of sp³-hybridized carbons (Fsp3) is 0.467. The maximum absolute atomic E-state index is 3.94. The second-order valence-corrected chi connectivity index (χ2v) is 5.67. The first-order valence-corrected chi connectivity index (χ1v) is 6.94. The summed E-state index contributed by atoms with van der Waals surface area (Å²) in [6.07, 6.45) is 9.91. The lowest BCUT2D eigenvalue weighted by atomic mass is 9.67. The van der Waals surface area contributed by atoms with Crippen LogP contribution in [-0.4, -0.2) is 0 Å². The lowest BCUT2D eigenvalue weighted by molar-refractivity contribution is 0.294. The van der Waals surface area contributed by atoms with E-state index in [1.165, 1.54) is 42.1 Å². The topological polar surface area (TPSA) is 0 Å².